The summed E-state index contributed by atoms with van der Waals surface area (Å²) >= 11 is 1.82. The molecule has 2 fully saturated rings. The number of hydrogen-bond acceptors (Lipinski definition) is 4. The lowest BCUT2D eigenvalue weighted by Crippen LogP contribution is -2.64. The highest BCUT2D eigenvalue weighted by molar-refractivity contribution is 7.19. The van der Waals surface area contributed by atoms with Crippen molar-refractivity contribution in [2.75, 3.05) is 44.6 Å². The molecule has 0 atom stereocenters. The average Bonchev–Trinajstić information content (AvgIpc) is 3.13. The molecule has 0 bridgehead atoms. The first-order valence-electron chi connectivity index (χ1n) is 12.2. The summed E-state index contributed by atoms with van der Waals surface area (Å²) in [7, 11) is 0. The summed E-state index contributed by atoms with van der Waals surface area (Å²) < 4.78 is 79.8. The summed E-state index contributed by atoms with van der Waals surface area (Å²) in [5.74, 6) is 0. The van der Waals surface area contributed by atoms with E-state index in [0.717, 1.165) is 32.7 Å². The zero-order valence-electron chi connectivity index (χ0n) is 20.5. The van der Waals surface area contributed by atoms with Crippen molar-refractivity contribution < 1.29 is 31.1 Å². The minimum Gasteiger partial charge on any atom is -0.321 e. The van der Waals surface area contributed by atoms with E-state index in [4.69, 9.17) is 0 Å². The van der Waals surface area contributed by atoms with Crippen LogP contribution in [0, 0.1) is 6.92 Å². The predicted octanol–water partition coefficient (Wildman–Crippen LogP) is 6.28. The van der Waals surface area contributed by atoms with Crippen molar-refractivity contribution >= 4 is 33.1 Å². The van der Waals surface area contributed by atoms with Gasteiger partial charge in [-0.2, -0.15) is 26.3 Å². The number of alkyl halides is 6. The van der Waals surface area contributed by atoms with Crippen LogP contribution in [0.1, 0.15) is 21.6 Å². The molecule has 2 aliphatic rings. The number of urea groups is 1. The lowest BCUT2D eigenvalue weighted by molar-refractivity contribution is -0.143. The van der Waals surface area contributed by atoms with Crippen LogP contribution in [0.15, 0.2) is 42.5 Å². The molecule has 0 spiro atoms. The highest BCUT2D eigenvalue weighted by atomic mass is 32.1. The first kappa shape index (κ1) is 26.8. The van der Waals surface area contributed by atoms with Crippen molar-refractivity contribution in [1.29, 1.82) is 0 Å². The summed E-state index contributed by atoms with van der Waals surface area (Å²) in [6.07, 6.45) is -9.94. The molecule has 12 heteroatoms. The molecule has 38 heavy (non-hydrogen) atoms. The predicted molar refractivity (Wildman–Crippen MR) is 134 cm³/mol. The fraction of sp³-hybridized carbons (Fsp3) is 0.423. The summed E-state index contributed by atoms with van der Waals surface area (Å²) in [6, 6.07) is 8.84. The third kappa shape index (κ3) is 5.62. The molecule has 3 aromatic rings. The number of benzene rings is 2. The quantitative estimate of drug-likeness (QED) is 0.385. The van der Waals surface area contributed by atoms with Crippen LogP contribution < -0.4 is 5.32 Å². The number of carbonyl (C=O) groups is 1. The van der Waals surface area contributed by atoms with Gasteiger partial charge in [0.2, 0.25) is 0 Å². The maximum atomic E-state index is 13.1. The van der Waals surface area contributed by atoms with Crippen molar-refractivity contribution in [3.8, 4) is 0 Å². The normalized spacial score (nSPS) is 18.1. The topological polar surface area (TPSA) is 38.8 Å². The summed E-state index contributed by atoms with van der Waals surface area (Å²) in [4.78, 5) is 20.0. The lowest BCUT2D eigenvalue weighted by atomic mass is 10.1. The number of nitrogens with one attached hydrogen (secondary N) is 1. The van der Waals surface area contributed by atoms with E-state index < -0.39 is 35.2 Å². The Hall–Kier alpha value is -2.83. The highest BCUT2D eigenvalue weighted by Crippen LogP contribution is 2.38. The van der Waals surface area contributed by atoms with Gasteiger partial charge >= 0.3 is 18.4 Å². The average molecular weight is 557 g/mol. The smallest absolute Gasteiger partial charge is 0.321 e. The molecule has 5 rings (SSSR count). The molecule has 2 aliphatic heterocycles. The number of rotatable bonds is 4. The molecule has 1 N–H and O–H groups in total. The standard InChI is InChI=1S/C26H26F6N4OS/c1-16-21-4-2-3-5-22(21)38-23(16)15-34-6-8-35(9-7-34)20-13-36(14-20)24(37)33-19-11-17(25(27,28)29)10-18(12-19)26(30,31)32/h2-5,10-12,20H,6-9,13-15H2,1H3,(H,33,37). The van der Waals surface area contributed by atoms with Crippen LogP contribution in [0.3, 0.4) is 0 Å². The van der Waals surface area contributed by atoms with Crippen molar-refractivity contribution in [2.24, 2.45) is 0 Å². The van der Waals surface area contributed by atoms with Crippen LogP contribution in [-0.2, 0) is 18.9 Å². The lowest BCUT2D eigenvalue weighted by Gasteiger charge is -2.48. The summed E-state index contributed by atoms with van der Waals surface area (Å²) in [5.41, 5.74) is -2.15. The Morgan fingerprint density at radius 2 is 1.55 bits per heavy atom. The zero-order chi connectivity index (χ0) is 27.2. The van der Waals surface area contributed by atoms with Gasteiger partial charge in [0.15, 0.2) is 0 Å². The first-order valence-corrected chi connectivity index (χ1v) is 13.0. The summed E-state index contributed by atoms with van der Waals surface area (Å²) in [6.45, 7) is 7.18. The maximum absolute atomic E-state index is 13.1. The van der Waals surface area contributed by atoms with Crippen LogP contribution >= 0.6 is 11.3 Å². The molecule has 2 aromatic carbocycles. The van der Waals surface area contributed by atoms with Gasteiger partial charge in [0, 0.05) is 67.1 Å². The molecular formula is C26H26F6N4OS. The Balaban J connectivity index is 1.13. The van der Waals surface area contributed by atoms with Crippen molar-refractivity contribution in [3.63, 3.8) is 0 Å². The fourth-order valence-electron chi connectivity index (χ4n) is 4.95. The summed E-state index contributed by atoms with van der Waals surface area (Å²) in [5, 5.41) is 3.49. The van der Waals surface area contributed by atoms with E-state index in [-0.39, 0.29) is 12.1 Å². The molecule has 0 unspecified atom stereocenters. The minimum absolute atomic E-state index is 0.0387. The molecular weight excluding hydrogens is 530 g/mol. The zero-order valence-corrected chi connectivity index (χ0v) is 21.3. The molecule has 1 aromatic heterocycles. The molecule has 2 saturated heterocycles. The number of thiophene rings is 1. The Bertz CT molecular complexity index is 1290. The van der Waals surface area contributed by atoms with Gasteiger partial charge in [-0.15, -0.1) is 11.3 Å². The van der Waals surface area contributed by atoms with E-state index in [9.17, 15) is 31.1 Å². The Labute approximate surface area is 219 Å². The van der Waals surface area contributed by atoms with Gasteiger partial charge in [0.25, 0.3) is 0 Å². The second-order valence-corrected chi connectivity index (χ2v) is 10.9. The van der Waals surface area contributed by atoms with E-state index in [1.165, 1.54) is 25.4 Å². The number of carbonyl (C=O) groups excluding carboxylic acids is 1. The number of fused-ring (bicyclic) bond motifs is 1. The van der Waals surface area contributed by atoms with E-state index >= 15 is 0 Å². The van der Waals surface area contributed by atoms with Crippen molar-refractivity contribution in [2.45, 2.75) is 31.9 Å². The Morgan fingerprint density at radius 1 is 0.947 bits per heavy atom. The van der Waals surface area contributed by atoms with Gasteiger partial charge in [0.05, 0.1) is 11.1 Å². The van der Waals surface area contributed by atoms with Gasteiger partial charge in [-0.1, -0.05) is 18.2 Å². The van der Waals surface area contributed by atoms with Crippen molar-refractivity contribution in [1.82, 2.24) is 14.7 Å². The number of nitrogens with zero attached hydrogens (tertiary/aromatic N) is 3. The SMILES string of the molecule is Cc1c(CN2CCN(C3CN(C(=O)Nc4cc(C(F)(F)F)cc(C(F)(F)F)c4)C3)CC2)sc2ccccc12. The van der Waals surface area contributed by atoms with Crippen molar-refractivity contribution in [3.05, 3.63) is 64.0 Å². The van der Waals surface area contributed by atoms with E-state index in [0.29, 0.717) is 25.2 Å². The number of piperazine rings is 1. The Kier molecular flexibility index (Phi) is 7.08. The first-order chi connectivity index (χ1) is 17.9. The van der Waals surface area contributed by atoms with Gasteiger partial charge < -0.3 is 10.2 Å². The van der Waals surface area contributed by atoms with E-state index in [1.807, 2.05) is 23.5 Å². The van der Waals surface area contributed by atoms with Crippen LogP contribution in [0.2, 0.25) is 0 Å². The number of amides is 2. The van der Waals surface area contributed by atoms with Gasteiger partial charge in [-0.05, 0) is 42.1 Å². The third-order valence-corrected chi connectivity index (χ3v) is 8.48. The largest absolute Gasteiger partial charge is 0.416 e. The number of aryl methyl sites for hydroxylation is 1. The monoisotopic (exact) mass is 556 g/mol. The minimum atomic E-state index is -4.97. The fourth-order valence-corrected chi connectivity index (χ4v) is 6.20. The third-order valence-electron chi connectivity index (χ3n) is 7.22. The molecule has 3 heterocycles. The van der Waals surface area contributed by atoms with Gasteiger partial charge in [-0.25, -0.2) is 4.79 Å². The number of hydrogen-bond donors (Lipinski definition) is 1. The molecule has 0 radical (unpaired) electrons. The van der Waals surface area contributed by atoms with Gasteiger partial charge in [0.1, 0.15) is 0 Å². The molecule has 0 aliphatic carbocycles. The second kappa shape index (κ2) is 10.0. The van der Waals surface area contributed by atoms with Gasteiger partial charge in [-0.3, -0.25) is 9.80 Å². The molecule has 0 saturated carbocycles. The number of likely N-dealkylation sites (tertiary alicyclic amines) is 1. The maximum Gasteiger partial charge on any atom is 0.416 e. The molecule has 204 valence electrons. The number of halogens is 6. The molecule has 5 nitrogen and oxygen atoms in total. The van der Waals surface area contributed by atoms with Crippen LogP contribution in [-0.4, -0.2) is 66.0 Å². The Morgan fingerprint density at radius 3 is 2.13 bits per heavy atom. The van der Waals surface area contributed by atoms with E-state index in [2.05, 4.69) is 34.2 Å². The number of anilines is 1. The highest BCUT2D eigenvalue weighted by Gasteiger charge is 2.39. The second-order valence-electron chi connectivity index (χ2n) is 9.74. The van der Waals surface area contributed by atoms with Crippen LogP contribution in [0.25, 0.3) is 10.1 Å². The van der Waals surface area contributed by atoms with Crippen LogP contribution in [0.5, 0.6) is 0 Å². The van der Waals surface area contributed by atoms with Crippen LogP contribution in [0.4, 0.5) is 36.8 Å². The molecule has 2 amide bonds. The van der Waals surface area contributed by atoms with E-state index in [1.54, 1.807) is 0 Å².